The normalized spacial score (nSPS) is 10.6. The molecule has 0 bridgehead atoms. The fraction of sp³-hybridized carbons (Fsp3) is 0.247. The van der Waals surface area contributed by atoms with E-state index >= 15 is 0 Å². The van der Waals surface area contributed by atoms with Crippen LogP contribution in [0.25, 0.3) is 5.32 Å². The molecule has 9 aromatic carbocycles. The predicted octanol–water partition coefficient (Wildman–Crippen LogP) is 24.6. The van der Waals surface area contributed by atoms with Crippen LogP contribution in [0.5, 0.6) is 0 Å². The van der Waals surface area contributed by atoms with Crippen LogP contribution in [0.1, 0.15) is 191 Å². The molecule has 2 heterocycles. The Kier molecular flexibility index (Phi) is 44.2. The summed E-state index contributed by atoms with van der Waals surface area (Å²) in [7, 11) is 3.94. The molecule has 2 atom stereocenters. The average molecular weight is 1450 g/mol. The van der Waals surface area contributed by atoms with Gasteiger partial charge in [-0.15, -0.1) is 90.6 Å². The summed E-state index contributed by atoms with van der Waals surface area (Å²) in [6, 6.07) is 86.9. The first kappa shape index (κ1) is 86.9. The molecule has 8 heteroatoms. The van der Waals surface area contributed by atoms with Gasteiger partial charge in [0.2, 0.25) is 0 Å². The van der Waals surface area contributed by atoms with Gasteiger partial charge in [0.25, 0.3) is 0 Å². The van der Waals surface area contributed by atoms with Gasteiger partial charge in [-0.1, -0.05) is 185 Å². The van der Waals surface area contributed by atoms with E-state index in [1.54, 1.807) is 0 Å². The fourth-order valence-corrected chi connectivity index (χ4v) is 9.35. The summed E-state index contributed by atoms with van der Waals surface area (Å²) in [6.45, 7) is 53.0. The molecule has 2 aromatic heterocycles. The van der Waals surface area contributed by atoms with E-state index in [0.29, 0.717) is 35.5 Å². The summed E-state index contributed by atoms with van der Waals surface area (Å²) in [5.41, 5.74) is 17.6. The van der Waals surface area contributed by atoms with Crippen LogP contribution in [0.2, 0.25) is 0 Å². The topological polar surface area (TPSA) is 61.8 Å². The Hall–Kier alpha value is -8.14. The minimum absolute atomic E-state index is 0. The van der Waals surface area contributed by atoms with E-state index in [1.807, 2.05) is 248 Å². The second-order valence-corrected chi connectivity index (χ2v) is 25.1. The van der Waals surface area contributed by atoms with Crippen LogP contribution >= 0.6 is 0 Å². The van der Waals surface area contributed by atoms with Crippen molar-refractivity contribution in [2.75, 3.05) is 5.32 Å². The van der Waals surface area contributed by atoms with E-state index in [1.165, 1.54) is 33.6 Å². The summed E-state index contributed by atoms with van der Waals surface area (Å²) < 4.78 is 3.74. The zero-order valence-corrected chi connectivity index (χ0v) is 65.7. The zero-order valence-electron chi connectivity index (χ0n) is 60.8. The fourth-order valence-electron chi connectivity index (χ4n) is 9.35. The molecule has 11 aromatic rings. The van der Waals surface area contributed by atoms with Gasteiger partial charge in [0, 0.05) is 37.9 Å². The molecular formula is C89H110N6Zr2. The number of para-hydroxylation sites is 2. The zero-order chi connectivity index (χ0) is 70.1. The number of nitrogens with zero attached hydrogens (tertiary/aromatic N) is 5. The standard InChI is InChI=1S/C20H31N3.C20H30N3.7C7H7.2Zr/c2*1-13(2)16-9-8-10-17(14(3)4)20(16)21-19(15(5)6)18-11-12-23(7)22-18;7*1-7-5-3-2-4-6-7;;/h8-15,19,21H,1-7H3;8-15,19H,1-7H3;7*2-6H,1H2;;/q;8*-1;2*+4. The van der Waals surface area contributed by atoms with Crippen molar-refractivity contribution in [3.8, 4) is 0 Å². The van der Waals surface area contributed by atoms with Gasteiger partial charge in [-0.3, -0.25) is 9.36 Å². The van der Waals surface area contributed by atoms with Crippen LogP contribution in [0.15, 0.2) is 273 Å². The first-order chi connectivity index (χ1) is 45.4. The first-order valence-electron chi connectivity index (χ1n) is 33.2. The third-order valence-electron chi connectivity index (χ3n) is 14.6. The Morgan fingerprint density at radius 3 is 0.722 bits per heavy atom. The predicted molar refractivity (Wildman–Crippen MR) is 414 cm³/mol. The Morgan fingerprint density at radius 2 is 0.536 bits per heavy atom. The van der Waals surface area contributed by atoms with Crippen molar-refractivity contribution in [1.29, 1.82) is 0 Å². The average Bonchev–Trinajstić information content (AvgIpc) is 1.69. The molecule has 11 rings (SSSR count). The number of hydrogen-bond donors (Lipinski definition) is 1. The third kappa shape index (κ3) is 36.1. The van der Waals surface area contributed by atoms with Gasteiger partial charge in [-0.05, 0) is 52.8 Å². The number of hydrogen-bond acceptors (Lipinski definition) is 3. The van der Waals surface area contributed by atoms with Gasteiger partial charge in [0.05, 0.1) is 11.7 Å². The van der Waals surface area contributed by atoms with Gasteiger partial charge in [-0.2, -0.15) is 183 Å². The van der Waals surface area contributed by atoms with Crippen molar-refractivity contribution in [3.63, 3.8) is 0 Å². The maximum atomic E-state index is 5.21. The van der Waals surface area contributed by atoms with Gasteiger partial charge in [0.1, 0.15) is 0 Å². The molecule has 0 aliphatic rings. The number of nitrogens with one attached hydrogen (secondary N) is 1. The Morgan fingerprint density at radius 1 is 0.299 bits per heavy atom. The van der Waals surface area contributed by atoms with E-state index in [4.69, 9.17) is 5.32 Å². The van der Waals surface area contributed by atoms with Crippen molar-refractivity contribution in [2.45, 2.75) is 119 Å². The summed E-state index contributed by atoms with van der Waals surface area (Å²) >= 11 is 0. The molecule has 0 saturated heterocycles. The molecule has 0 saturated carbocycles. The molecular weight excluding hydrogens is 1340 g/mol. The van der Waals surface area contributed by atoms with Crippen LogP contribution in [-0.4, -0.2) is 19.6 Å². The minimum atomic E-state index is 0. The molecule has 0 radical (unpaired) electrons. The molecule has 0 aliphatic carbocycles. The van der Waals surface area contributed by atoms with E-state index in [-0.39, 0.29) is 64.5 Å². The van der Waals surface area contributed by atoms with Crippen molar-refractivity contribution in [3.05, 3.63) is 400 Å². The number of aryl methyl sites for hydroxylation is 2. The van der Waals surface area contributed by atoms with Crippen molar-refractivity contribution in [1.82, 2.24) is 19.6 Å². The van der Waals surface area contributed by atoms with Crippen molar-refractivity contribution >= 4 is 11.4 Å². The Labute approximate surface area is 627 Å². The number of aromatic nitrogens is 4. The summed E-state index contributed by atoms with van der Waals surface area (Å²) in [5.74, 6) is 2.78. The molecule has 0 spiro atoms. The summed E-state index contributed by atoms with van der Waals surface area (Å²) in [4.78, 5) is 0. The Balaban J connectivity index is 0.000000579. The second-order valence-electron chi connectivity index (χ2n) is 25.1. The number of rotatable bonds is 12. The minimum Gasteiger partial charge on any atom is -0.676 e. The van der Waals surface area contributed by atoms with E-state index in [2.05, 4.69) is 196 Å². The van der Waals surface area contributed by atoms with E-state index in [0.717, 1.165) is 50.3 Å². The second kappa shape index (κ2) is 49.4. The molecule has 0 amide bonds. The monoisotopic (exact) mass is 1440 g/mol. The van der Waals surface area contributed by atoms with Crippen LogP contribution in [0.3, 0.4) is 0 Å². The molecule has 0 fully saturated rings. The van der Waals surface area contributed by atoms with E-state index < -0.39 is 0 Å². The molecule has 97 heavy (non-hydrogen) atoms. The van der Waals surface area contributed by atoms with Crippen LogP contribution in [-0.2, 0) is 66.5 Å². The van der Waals surface area contributed by atoms with Crippen LogP contribution in [0.4, 0.5) is 11.4 Å². The molecule has 0 aliphatic heterocycles. The van der Waals surface area contributed by atoms with Crippen molar-refractivity contribution < 1.29 is 52.4 Å². The Bertz CT molecular complexity index is 3120. The third-order valence-corrected chi connectivity index (χ3v) is 14.6. The van der Waals surface area contributed by atoms with Crippen LogP contribution < -0.4 is 5.32 Å². The quantitative estimate of drug-likeness (QED) is 0.124. The van der Waals surface area contributed by atoms with Gasteiger partial charge in [0.15, 0.2) is 0 Å². The molecule has 2 unspecified atom stereocenters. The van der Waals surface area contributed by atoms with Gasteiger partial charge >= 0.3 is 52.4 Å². The van der Waals surface area contributed by atoms with E-state index in [9.17, 15) is 0 Å². The molecule has 504 valence electrons. The maximum absolute atomic E-state index is 5.21. The summed E-state index contributed by atoms with van der Waals surface area (Å²) in [6.07, 6.45) is 4.02. The smallest absolute Gasteiger partial charge is 0.676 e. The summed E-state index contributed by atoms with van der Waals surface area (Å²) in [5, 5.41) is 18.3. The van der Waals surface area contributed by atoms with Crippen LogP contribution in [0, 0.1) is 60.3 Å². The molecule has 6 nitrogen and oxygen atoms in total. The first-order valence-corrected chi connectivity index (χ1v) is 33.2. The van der Waals surface area contributed by atoms with Gasteiger partial charge < -0.3 is 10.6 Å². The number of benzene rings is 9. The largest absolute Gasteiger partial charge is 4.00 e. The SMILES string of the molecule is CC(C)c1cccc(C(C)C)c1NC(c1ccn(C)n1)C(C)C.CC(C)c1cccc(C(C)C)c1[N-]C(c1ccn(C)n1)C(C)C.[CH2-]c1ccccc1.[CH2-]c1ccccc1.[CH2-]c1ccccc1.[CH2-]c1ccccc1.[CH2-]c1ccccc1.[CH2-]c1ccccc1.[CH2-]c1ccccc1.[Zr+4].[Zr+4]. The maximum Gasteiger partial charge on any atom is 4.00 e. The van der Waals surface area contributed by atoms with Gasteiger partial charge in [-0.25, -0.2) is 0 Å². The van der Waals surface area contributed by atoms with Crippen molar-refractivity contribution in [2.24, 2.45) is 25.9 Å². The number of anilines is 1. The molecule has 1 N–H and O–H groups in total.